The molecule has 7 nitrogen and oxygen atoms in total. The largest absolute Gasteiger partial charge is 0.305 e. The zero-order valence-electron chi connectivity index (χ0n) is 11.3. The molecule has 3 rings (SSSR count). The van der Waals surface area contributed by atoms with Crippen molar-refractivity contribution in [2.75, 3.05) is 5.32 Å². The molecule has 0 atom stereocenters. The second kappa shape index (κ2) is 5.20. The number of nitrogens with zero attached hydrogens (tertiary/aromatic N) is 3. The number of nitrogens with one attached hydrogen (secondary N) is 2. The van der Waals surface area contributed by atoms with E-state index >= 15 is 0 Å². The molecule has 0 aliphatic rings. The maximum atomic E-state index is 12.3. The summed E-state index contributed by atoms with van der Waals surface area (Å²) in [6.45, 7) is 1.97. The van der Waals surface area contributed by atoms with E-state index < -0.39 is 11.5 Å². The first-order valence-electron chi connectivity index (χ1n) is 6.51. The monoisotopic (exact) mass is 283 g/mol. The predicted molar refractivity (Wildman–Crippen MR) is 77.4 cm³/mol. The fraction of sp³-hybridized carbons (Fsp3) is 0.143. The van der Waals surface area contributed by atoms with Gasteiger partial charge in [-0.15, -0.1) is 0 Å². The van der Waals surface area contributed by atoms with Crippen LogP contribution in [0, 0.1) is 0 Å². The number of carbonyl (C=O) groups is 1. The van der Waals surface area contributed by atoms with E-state index in [0.29, 0.717) is 11.5 Å². The van der Waals surface area contributed by atoms with E-state index in [1.165, 1.54) is 10.6 Å². The Morgan fingerprint density at radius 1 is 1.43 bits per heavy atom. The third-order valence-electron chi connectivity index (χ3n) is 3.11. The zero-order chi connectivity index (χ0) is 14.8. The van der Waals surface area contributed by atoms with Gasteiger partial charge in [-0.3, -0.25) is 19.1 Å². The molecule has 0 aromatic carbocycles. The van der Waals surface area contributed by atoms with Crippen LogP contribution in [0.25, 0.3) is 5.65 Å². The maximum Gasteiger partial charge on any atom is 0.270 e. The average Bonchev–Trinajstić information content (AvgIpc) is 2.95. The summed E-state index contributed by atoms with van der Waals surface area (Å²) in [5, 5.41) is 9.33. The standard InChI is InChI=1S/C14H13N5O2/c1-2-9-7-11(18-17-9)16-13(20)10-8-15-12-5-3-4-6-19(12)14(10)21/h3-8H,2H2,1H3,(H2,16,17,18,20). The summed E-state index contributed by atoms with van der Waals surface area (Å²) in [4.78, 5) is 28.5. The van der Waals surface area contributed by atoms with Gasteiger partial charge in [0.2, 0.25) is 0 Å². The number of H-pyrrole nitrogens is 1. The highest BCUT2D eigenvalue weighted by molar-refractivity contribution is 6.03. The molecule has 0 aliphatic carbocycles. The molecule has 0 saturated carbocycles. The molecule has 0 aliphatic heterocycles. The van der Waals surface area contributed by atoms with Gasteiger partial charge in [-0.25, -0.2) is 4.98 Å². The van der Waals surface area contributed by atoms with E-state index in [9.17, 15) is 9.59 Å². The molecule has 7 heteroatoms. The third-order valence-corrected chi connectivity index (χ3v) is 3.11. The highest BCUT2D eigenvalue weighted by Crippen LogP contribution is 2.07. The summed E-state index contributed by atoms with van der Waals surface area (Å²) in [5.41, 5.74) is 0.954. The van der Waals surface area contributed by atoms with Crippen LogP contribution in [-0.4, -0.2) is 25.5 Å². The van der Waals surface area contributed by atoms with Crippen LogP contribution >= 0.6 is 0 Å². The molecule has 3 aromatic rings. The van der Waals surface area contributed by atoms with Crippen molar-refractivity contribution in [1.29, 1.82) is 0 Å². The van der Waals surface area contributed by atoms with Gasteiger partial charge in [0.15, 0.2) is 5.82 Å². The summed E-state index contributed by atoms with van der Waals surface area (Å²) >= 11 is 0. The number of fused-ring (bicyclic) bond motifs is 1. The van der Waals surface area contributed by atoms with Crippen molar-refractivity contribution in [3.8, 4) is 0 Å². The topological polar surface area (TPSA) is 92.2 Å². The van der Waals surface area contributed by atoms with Crippen LogP contribution < -0.4 is 10.9 Å². The predicted octanol–water partition coefficient (Wildman–Crippen LogP) is 1.23. The first kappa shape index (κ1) is 13.0. The third kappa shape index (κ3) is 2.40. The summed E-state index contributed by atoms with van der Waals surface area (Å²) in [5.74, 6) is -0.144. The Bertz CT molecular complexity index is 865. The zero-order valence-corrected chi connectivity index (χ0v) is 11.3. The molecule has 0 saturated heterocycles. The van der Waals surface area contributed by atoms with E-state index in [0.717, 1.165) is 12.1 Å². The van der Waals surface area contributed by atoms with Crippen LogP contribution in [0.2, 0.25) is 0 Å². The van der Waals surface area contributed by atoms with Gasteiger partial charge in [-0.1, -0.05) is 13.0 Å². The van der Waals surface area contributed by atoms with Crippen LogP contribution in [0.3, 0.4) is 0 Å². The molecule has 2 N–H and O–H groups in total. The first-order valence-corrected chi connectivity index (χ1v) is 6.51. The fourth-order valence-electron chi connectivity index (χ4n) is 1.97. The summed E-state index contributed by atoms with van der Waals surface area (Å²) in [6.07, 6.45) is 3.63. The second-order valence-corrected chi connectivity index (χ2v) is 4.49. The molecule has 0 spiro atoms. The molecule has 0 fully saturated rings. The lowest BCUT2D eigenvalue weighted by Gasteiger charge is -2.03. The number of aryl methyl sites for hydroxylation is 1. The van der Waals surface area contributed by atoms with Crippen molar-refractivity contribution >= 4 is 17.4 Å². The van der Waals surface area contributed by atoms with Gasteiger partial charge in [0.05, 0.1) is 0 Å². The summed E-state index contributed by atoms with van der Waals surface area (Å²) in [6, 6.07) is 6.91. The Kier molecular flexibility index (Phi) is 3.23. The number of hydrogen-bond acceptors (Lipinski definition) is 4. The quantitative estimate of drug-likeness (QED) is 0.756. The molecule has 3 heterocycles. The summed E-state index contributed by atoms with van der Waals surface area (Å²) in [7, 11) is 0. The SMILES string of the molecule is CCc1cc(NC(=O)c2cnc3ccccn3c2=O)n[nH]1. The average molecular weight is 283 g/mol. The van der Waals surface area contributed by atoms with Gasteiger partial charge in [-0.2, -0.15) is 5.10 Å². The smallest absolute Gasteiger partial charge is 0.270 e. The molecule has 1 amide bonds. The molecule has 3 aromatic heterocycles. The minimum Gasteiger partial charge on any atom is -0.305 e. The summed E-state index contributed by atoms with van der Waals surface area (Å²) < 4.78 is 1.33. The van der Waals surface area contributed by atoms with Crippen molar-refractivity contribution in [1.82, 2.24) is 19.6 Å². The van der Waals surface area contributed by atoms with Gasteiger partial charge in [0.25, 0.3) is 11.5 Å². The molecule has 106 valence electrons. The van der Waals surface area contributed by atoms with Gasteiger partial charge < -0.3 is 5.32 Å². The number of anilines is 1. The Morgan fingerprint density at radius 2 is 2.29 bits per heavy atom. The van der Waals surface area contributed by atoms with Crippen LogP contribution in [0.4, 0.5) is 5.82 Å². The van der Waals surface area contributed by atoms with Crippen molar-refractivity contribution in [3.05, 3.63) is 58.3 Å². The lowest BCUT2D eigenvalue weighted by atomic mass is 10.3. The van der Waals surface area contributed by atoms with E-state index in [1.54, 1.807) is 30.5 Å². The minimum absolute atomic E-state index is 0.0280. The van der Waals surface area contributed by atoms with Crippen molar-refractivity contribution < 1.29 is 4.79 Å². The Labute approximate surface area is 119 Å². The van der Waals surface area contributed by atoms with Crippen LogP contribution in [-0.2, 0) is 6.42 Å². The Morgan fingerprint density at radius 3 is 3.05 bits per heavy atom. The molecular formula is C14H13N5O2. The second-order valence-electron chi connectivity index (χ2n) is 4.49. The number of carbonyl (C=O) groups excluding carboxylic acids is 1. The number of aromatic nitrogens is 4. The number of amides is 1. The van der Waals surface area contributed by atoms with Crippen LogP contribution in [0.5, 0.6) is 0 Å². The van der Waals surface area contributed by atoms with E-state index in [-0.39, 0.29) is 5.56 Å². The van der Waals surface area contributed by atoms with Crippen LogP contribution in [0.15, 0.2) is 41.5 Å². The van der Waals surface area contributed by atoms with Gasteiger partial charge >= 0.3 is 0 Å². The molecule has 0 radical (unpaired) electrons. The van der Waals surface area contributed by atoms with Crippen LogP contribution in [0.1, 0.15) is 23.0 Å². The van der Waals surface area contributed by atoms with Crippen molar-refractivity contribution in [2.24, 2.45) is 0 Å². The molecule has 0 unspecified atom stereocenters. The van der Waals surface area contributed by atoms with Crippen molar-refractivity contribution in [2.45, 2.75) is 13.3 Å². The number of aromatic amines is 1. The lowest BCUT2D eigenvalue weighted by Crippen LogP contribution is -2.26. The Hall–Kier alpha value is -2.96. The number of hydrogen-bond donors (Lipinski definition) is 2. The van der Waals surface area contributed by atoms with Gasteiger partial charge in [0, 0.05) is 24.2 Å². The first-order chi connectivity index (χ1) is 10.2. The molecule has 21 heavy (non-hydrogen) atoms. The highest BCUT2D eigenvalue weighted by Gasteiger charge is 2.14. The maximum absolute atomic E-state index is 12.3. The number of pyridine rings is 1. The van der Waals surface area contributed by atoms with Gasteiger partial charge in [0.1, 0.15) is 11.2 Å². The number of rotatable bonds is 3. The molecular weight excluding hydrogens is 270 g/mol. The van der Waals surface area contributed by atoms with Crippen molar-refractivity contribution in [3.63, 3.8) is 0 Å². The van der Waals surface area contributed by atoms with E-state index in [4.69, 9.17) is 0 Å². The van der Waals surface area contributed by atoms with E-state index in [1.807, 2.05) is 6.92 Å². The fourth-order valence-corrected chi connectivity index (χ4v) is 1.97. The highest BCUT2D eigenvalue weighted by atomic mass is 16.2. The molecule has 0 bridgehead atoms. The minimum atomic E-state index is -0.528. The Balaban J connectivity index is 1.94. The lowest BCUT2D eigenvalue weighted by molar-refractivity contribution is 0.102. The normalized spacial score (nSPS) is 10.7. The van der Waals surface area contributed by atoms with E-state index in [2.05, 4.69) is 20.5 Å². The van der Waals surface area contributed by atoms with Gasteiger partial charge in [-0.05, 0) is 18.6 Å².